The number of aryl methyl sites for hydroxylation is 1. The molecule has 0 aromatic heterocycles. The second kappa shape index (κ2) is 6.94. The molecule has 0 aliphatic carbocycles. The van der Waals surface area contributed by atoms with Gasteiger partial charge in [-0.2, -0.15) is 5.26 Å². The highest BCUT2D eigenvalue weighted by Gasteiger charge is 2.30. The van der Waals surface area contributed by atoms with Gasteiger partial charge in [0.1, 0.15) is 16.9 Å². The molecular weight excluding hydrogens is 284 g/mol. The summed E-state index contributed by atoms with van der Waals surface area (Å²) >= 11 is 0. The third kappa shape index (κ3) is 3.98. The van der Waals surface area contributed by atoms with Gasteiger partial charge < -0.3 is 15.2 Å². The summed E-state index contributed by atoms with van der Waals surface area (Å²) in [5.41, 5.74) is -0.495. The van der Waals surface area contributed by atoms with Crippen LogP contribution in [0.4, 0.5) is 0 Å². The first-order valence-electron chi connectivity index (χ1n) is 6.89. The van der Waals surface area contributed by atoms with Crippen LogP contribution in [0.1, 0.15) is 36.7 Å². The number of benzene rings is 1. The van der Waals surface area contributed by atoms with E-state index < -0.39 is 24.0 Å². The molecule has 0 saturated carbocycles. The van der Waals surface area contributed by atoms with Crippen molar-refractivity contribution in [3.8, 4) is 11.8 Å². The Labute approximate surface area is 129 Å². The Kier molecular flexibility index (Phi) is 5.52. The summed E-state index contributed by atoms with van der Waals surface area (Å²) in [6.45, 7) is 6.35. The van der Waals surface area contributed by atoms with E-state index in [1.54, 1.807) is 39.8 Å². The molecule has 1 atom stereocenters. The van der Waals surface area contributed by atoms with E-state index >= 15 is 0 Å². The van der Waals surface area contributed by atoms with Gasteiger partial charge in [0.25, 0.3) is 5.91 Å². The zero-order valence-corrected chi connectivity index (χ0v) is 13.1. The Morgan fingerprint density at radius 2 is 2.09 bits per heavy atom. The van der Waals surface area contributed by atoms with E-state index in [0.29, 0.717) is 5.56 Å². The zero-order chi connectivity index (χ0) is 16.9. The minimum absolute atomic E-state index is 0.000274. The van der Waals surface area contributed by atoms with Crippen LogP contribution in [0.2, 0.25) is 0 Å². The molecular formula is C16H20N2O4. The summed E-state index contributed by atoms with van der Waals surface area (Å²) in [5, 5.41) is 21.4. The molecule has 0 aliphatic heterocycles. The number of amides is 1. The van der Waals surface area contributed by atoms with Gasteiger partial charge in [-0.05, 0) is 31.4 Å². The average Bonchev–Trinajstić information content (AvgIpc) is 2.47. The molecule has 0 fully saturated rings. The quantitative estimate of drug-likeness (QED) is 0.809. The molecule has 0 radical (unpaired) electrons. The van der Waals surface area contributed by atoms with Crippen LogP contribution < -0.4 is 5.32 Å². The predicted molar refractivity (Wildman–Crippen MR) is 80.1 cm³/mol. The number of phenols is 1. The fourth-order valence-corrected chi connectivity index (χ4v) is 1.66. The second-order valence-corrected chi connectivity index (χ2v) is 5.56. The van der Waals surface area contributed by atoms with Crippen LogP contribution in [0.5, 0.6) is 5.75 Å². The molecule has 6 heteroatoms. The van der Waals surface area contributed by atoms with Crippen molar-refractivity contribution in [1.82, 2.24) is 5.32 Å². The van der Waals surface area contributed by atoms with E-state index in [0.717, 1.165) is 0 Å². The molecule has 0 heterocycles. The topological polar surface area (TPSA) is 99.4 Å². The fraction of sp³-hybridized carbons (Fsp3) is 0.438. The molecule has 6 nitrogen and oxygen atoms in total. The van der Waals surface area contributed by atoms with Crippen LogP contribution in [-0.2, 0) is 9.53 Å². The van der Waals surface area contributed by atoms with E-state index in [1.165, 1.54) is 6.07 Å². The molecule has 1 aromatic carbocycles. The standard InChI is InChI=1S/C16H20N2O4/c1-10(2)16(4,9-17)18-13(19)8-22-15(21)12-7-5-6-11(3)14(12)20/h5-7,10,20H,8H2,1-4H3,(H,18,19). The number of rotatable bonds is 5. The van der Waals surface area contributed by atoms with Crippen LogP contribution in [0.3, 0.4) is 0 Å². The van der Waals surface area contributed by atoms with Crippen molar-refractivity contribution in [2.24, 2.45) is 5.92 Å². The van der Waals surface area contributed by atoms with E-state index in [9.17, 15) is 14.7 Å². The van der Waals surface area contributed by atoms with E-state index in [-0.39, 0.29) is 17.2 Å². The Hall–Kier alpha value is -2.55. The van der Waals surface area contributed by atoms with Crippen molar-refractivity contribution >= 4 is 11.9 Å². The van der Waals surface area contributed by atoms with Gasteiger partial charge in [0, 0.05) is 0 Å². The average molecular weight is 304 g/mol. The Bertz CT molecular complexity index is 619. The lowest BCUT2D eigenvalue weighted by molar-refractivity contribution is -0.125. The van der Waals surface area contributed by atoms with Gasteiger partial charge in [0.05, 0.1) is 6.07 Å². The Balaban J connectivity index is 2.67. The molecule has 2 N–H and O–H groups in total. The number of ether oxygens (including phenoxy) is 1. The highest BCUT2D eigenvalue weighted by atomic mass is 16.5. The van der Waals surface area contributed by atoms with Gasteiger partial charge in [-0.25, -0.2) is 4.79 Å². The number of carbonyl (C=O) groups excluding carboxylic acids is 2. The summed E-state index contributed by atoms with van der Waals surface area (Å²) in [6, 6.07) is 6.71. The molecule has 0 bridgehead atoms. The minimum atomic E-state index is -1.03. The summed E-state index contributed by atoms with van der Waals surface area (Å²) < 4.78 is 4.88. The normalized spacial score (nSPS) is 13.1. The number of hydrogen-bond donors (Lipinski definition) is 2. The van der Waals surface area contributed by atoms with Crippen LogP contribution in [0.15, 0.2) is 18.2 Å². The first-order valence-corrected chi connectivity index (χ1v) is 6.89. The summed E-state index contributed by atoms with van der Waals surface area (Å²) in [4.78, 5) is 23.7. The molecule has 0 spiro atoms. The first-order chi connectivity index (χ1) is 10.2. The summed E-state index contributed by atoms with van der Waals surface area (Å²) in [6.07, 6.45) is 0. The first kappa shape index (κ1) is 17.5. The number of carbonyl (C=O) groups is 2. The smallest absolute Gasteiger partial charge is 0.342 e. The maximum atomic E-state index is 11.9. The molecule has 1 aromatic rings. The van der Waals surface area contributed by atoms with Gasteiger partial charge in [0.2, 0.25) is 0 Å². The maximum absolute atomic E-state index is 11.9. The van der Waals surface area contributed by atoms with Crippen LogP contribution >= 0.6 is 0 Å². The van der Waals surface area contributed by atoms with Crippen LogP contribution in [0, 0.1) is 24.2 Å². The van der Waals surface area contributed by atoms with Crippen LogP contribution in [0.25, 0.3) is 0 Å². The molecule has 0 saturated heterocycles. The lowest BCUT2D eigenvalue weighted by atomic mass is 9.90. The Morgan fingerprint density at radius 3 is 2.64 bits per heavy atom. The Morgan fingerprint density at radius 1 is 1.45 bits per heavy atom. The SMILES string of the molecule is Cc1cccc(C(=O)OCC(=O)NC(C)(C#N)C(C)C)c1O. The molecule has 1 amide bonds. The predicted octanol–water partition coefficient (Wildman–Crippen LogP) is 1.91. The molecule has 0 aliphatic rings. The van der Waals surface area contributed by atoms with Gasteiger partial charge in [-0.3, -0.25) is 4.79 Å². The van der Waals surface area contributed by atoms with Crippen molar-refractivity contribution < 1.29 is 19.4 Å². The van der Waals surface area contributed by atoms with Gasteiger partial charge in [-0.15, -0.1) is 0 Å². The summed E-state index contributed by atoms with van der Waals surface area (Å²) in [5.74, 6) is -1.63. The lowest BCUT2D eigenvalue weighted by Crippen LogP contribution is -2.50. The number of hydrogen-bond acceptors (Lipinski definition) is 5. The van der Waals surface area contributed by atoms with E-state index in [2.05, 4.69) is 5.32 Å². The maximum Gasteiger partial charge on any atom is 0.342 e. The lowest BCUT2D eigenvalue weighted by Gasteiger charge is -2.27. The third-order valence-electron chi connectivity index (χ3n) is 3.58. The number of aromatic hydroxyl groups is 1. The fourth-order valence-electron chi connectivity index (χ4n) is 1.66. The van der Waals surface area contributed by atoms with Crippen molar-refractivity contribution in [2.75, 3.05) is 6.61 Å². The number of esters is 1. The number of nitrogens with one attached hydrogen (secondary N) is 1. The van der Waals surface area contributed by atoms with Crippen molar-refractivity contribution in [1.29, 1.82) is 5.26 Å². The monoisotopic (exact) mass is 304 g/mol. The largest absolute Gasteiger partial charge is 0.507 e. The van der Waals surface area contributed by atoms with Gasteiger partial charge in [0.15, 0.2) is 6.61 Å². The van der Waals surface area contributed by atoms with Gasteiger partial charge >= 0.3 is 5.97 Å². The number of nitriles is 1. The highest BCUT2D eigenvalue weighted by Crippen LogP contribution is 2.22. The van der Waals surface area contributed by atoms with E-state index in [1.807, 2.05) is 6.07 Å². The molecule has 118 valence electrons. The third-order valence-corrected chi connectivity index (χ3v) is 3.58. The number of nitrogens with zero attached hydrogens (tertiary/aromatic N) is 1. The number of para-hydroxylation sites is 1. The minimum Gasteiger partial charge on any atom is -0.507 e. The molecule has 1 unspecified atom stereocenters. The van der Waals surface area contributed by atoms with Gasteiger partial charge in [-0.1, -0.05) is 26.0 Å². The van der Waals surface area contributed by atoms with Crippen molar-refractivity contribution in [3.63, 3.8) is 0 Å². The zero-order valence-electron chi connectivity index (χ0n) is 13.1. The second-order valence-electron chi connectivity index (χ2n) is 5.56. The van der Waals surface area contributed by atoms with E-state index in [4.69, 9.17) is 10.00 Å². The van der Waals surface area contributed by atoms with Crippen LogP contribution in [-0.4, -0.2) is 29.1 Å². The highest BCUT2D eigenvalue weighted by molar-refractivity contribution is 5.94. The van der Waals surface area contributed by atoms with Crippen molar-refractivity contribution in [3.05, 3.63) is 29.3 Å². The number of phenolic OH excluding ortho intramolecular Hbond substituents is 1. The summed E-state index contributed by atoms with van der Waals surface area (Å²) in [7, 11) is 0. The van der Waals surface area contributed by atoms with Crippen molar-refractivity contribution in [2.45, 2.75) is 33.2 Å². The molecule has 1 rings (SSSR count). The molecule has 22 heavy (non-hydrogen) atoms.